The first kappa shape index (κ1) is 15.6. The Hall–Kier alpha value is -1.80. The van der Waals surface area contributed by atoms with E-state index in [1.807, 2.05) is 18.2 Å². The largest absolute Gasteiger partial charge is 0.496 e. The fraction of sp³-hybridized carbons (Fsp3) is 0.294. The van der Waals surface area contributed by atoms with Crippen molar-refractivity contribution in [3.8, 4) is 17.6 Å². The number of thiophene rings is 1. The Balaban J connectivity index is 1.93. The maximum atomic E-state index is 5.75. The molecule has 1 aromatic heterocycles. The predicted octanol–water partition coefficient (Wildman–Crippen LogP) is 2.83. The molecule has 21 heavy (non-hydrogen) atoms. The lowest BCUT2D eigenvalue weighted by Gasteiger charge is -2.09. The van der Waals surface area contributed by atoms with Crippen molar-refractivity contribution in [3.63, 3.8) is 0 Å². The van der Waals surface area contributed by atoms with E-state index in [-0.39, 0.29) is 0 Å². The molecule has 1 aromatic carbocycles. The molecule has 0 fully saturated rings. The van der Waals surface area contributed by atoms with Crippen molar-refractivity contribution in [2.45, 2.75) is 13.0 Å². The van der Waals surface area contributed by atoms with E-state index in [4.69, 9.17) is 15.2 Å². The third kappa shape index (κ3) is 4.91. The lowest BCUT2D eigenvalue weighted by molar-refractivity contribution is 0.122. The lowest BCUT2D eigenvalue weighted by Crippen LogP contribution is -2.00. The molecule has 1 heterocycles. The van der Waals surface area contributed by atoms with E-state index < -0.39 is 0 Å². The molecule has 0 aliphatic carbocycles. The second-order valence-electron chi connectivity index (χ2n) is 4.41. The summed E-state index contributed by atoms with van der Waals surface area (Å²) in [5, 5.41) is 2.08. The Kier molecular flexibility index (Phi) is 6.29. The van der Waals surface area contributed by atoms with Crippen LogP contribution in [0.5, 0.6) is 5.75 Å². The number of methoxy groups -OCH3 is 1. The highest BCUT2D eigenvalue weighted by Gasteiger charge is 2.04. The van der Waals surface area contributed by atoms with E-state index >= 15 is 0 Å². The van der Waals surface area contributed by atoms with E-state index in [0.29, 0.717) is 19.8 Å². The van der Waals surface area contributed by atoms with E-state index in [9.17, 15) is 0 Å². The van der Waals surface area contributed by atoms with Crippen molar-refractivity contribution in [1.82, 2.24) is 0 Å². The van der Waals surface area contributed by atoms with Gasteiger partial charge in [0.15, 0.2) is 0 Å². The highest BCUT2D eigenvalue weighted by Crippen LogP contribution is 2.20. The van der Waals surface area contributed by atoms with Gasteiger partial charge in [0.25, 0.3) is 0 Å². The number of hydrogen-bond donors (Lipinski definition) is 1. The van der Waals surface area contributed by atoms with Gasteiger partial charge in [-0.15, -0.1) is 11.3 Å². The molecule has 0 spiro atoms. The topological polar surface area (TPSA) is 44.5 Å². The van der Waals surface area contributed by atoms with Crippen molar-refractivity contribution in [2.24, 2.45) is 5.73 Å². The average Bonchev–Trinajstić information content (AvgIpc) is 3.03. The maximum Gasteiger partial charge on any atom is 0.124 e. The third-order valence-corrected chi connectivity index (χ3v) is 3.88. The monoisotopic (exact) mass is 301 g/mol. The zero-order valence-electron chi connectivity index (χ0n) is 12.1. The van der Waals surface area contributed by atoms with E-state index in [2.05, 4.69) is 29.4 Å². The quantitative estimate of drug-likeness (QED) is 0.659. The molecule has 4 heteroatoms. The Morgan fingerprint density at radius 2 is 2.19 bits per heavy atom. The van der Waals surface area contributed by atoms with Gasteiger partial charge in [-0.05, 0) is 29.6 Å². The van der Waals surface area contributed by atoms with Crippen LogP contribution in [-0.2, 0) is 17.8 Å². The normalized spacial score (nSPS) is 10.0. The van der Waals surface area contributed by atoms with Crippen LogP contribution in [0.1, 0.15) is 16.0 Å². The Bertz CT molecular complexity index is 611. The van der Waals surface area contributed by atoms with E-state index in [1.165, 1.54) is 4.88 Å². The highest BCUT2D eigenvalue weighted by molar-refractivity contribution is 7.09. The lowest BCUT2D eigenvalue weighted by atomic mass is 10.1. The summed E-state index contributed by atoms with van der Waals surface area (Å²) >= 11 is 1.75. The molecular weight excluding hydrogens is 282 g/mol. The SMILES string of the molecule is COc1ccc(C#CCN)cc1COCCc1cccs1. The standard InChI is InChI=1S/C17H19NO2S/c1-19-17-7-6-14(4-2-9-18)12-15(17)13-20-10-8-16-5-3-11-21-16/h3,5-7,11-12H,8-10,13,18H2,1H3. The molecule has 0 amide bonds. The first-order chi connectivity index (χ1) is 10.3. The smallest absolute Gasteiger partial charge is 0.124 e. The zero-order valence-corrected chi connectivity index (χ0v) is 12.9. The van der Waals surface area contributed by atoms with Crippen LogP contribution >= 0.6 is 11.3 Å². The fourth-order valence-electron chi connectivity index (χ4n) is 1.93. The van der Waals surface area contributed by atoms with Gasteiger partial charge in [-0.25, -0.2) is 0 Å². The minimum Gasteiger partial charge on any atom is -0.496 e. The van der Waals surface area contributed by atoms with Crippen LogP contribution in [0.2, 0.25) is 0 Å². The van der Waals surface area contributed by atoms with Crippen LogP contribution in [-0.4, -0.2) is 20.3 Å². The van der Waals surface area contributed by atoms with Crippen molar-refractivity contribution >= 4 is 11.3 Å². The molecule has 3 nitrogen and oxygen atoms in total. The molecule has 0 saturated carbocycles. The first-order valence-corrected chi connectivity index (χ1v) is 7.67. The van der Waals surface area contributed by atoms with E-state index in [0.717, 1.165) is 23.3 Å². The molecular formula is C17H19NO2S. The number of rotatable bonds is 6. The van der Waals surface area contributed by atoms with Crippen molar-refractivity contribution in [3.05, 3.63) is 51.7 Å². The summed E-state index contributed by atoms with van der Waals surface area (Å²) < 4.78 is 11.1. The summed E-state index contributed by atoms with van der Waals surface area (Å²) in [4.78, 5) is 1.34. The molecule has 0 atom stereocenters. The molecule has 0 bridgehead atoms. The first-order valence-electron chi connectivity index (χ1n) is 6.79. The maximum absolute atomic E-state index is 5.75. The second-order valence-corrected chi connectivity index (χ2v) is 5.45. The Labute approximate surface area is 129 Å². The minimum atomic E-state index is 0.360. The predicted molar refractivity (Wildman–Crippen MR) is 86.6 cm³/mol. The molecule has 0 saturated heterocycles. The average molecular weight is 301 g/mol. The second kappa shape index (κ2) is 8.48. The zero-order chi connectivity index (χ0) is 14.9. The summed E-state index contributed by atoms with van der Waals surface area (Å²) in [6.45, 7) is 1.58. The molecule has 2 N–H and O–H groups in total. The van der Waals surface area contributed by atoms with Gasteiger partial charge in [-0.3, -0.25) is 0 Å². The van der Waals surface area contributed by atoms with Gasteiger partial charge >= 0.3 is 0 Å². The highest BCUT2D eigenvalue weighted by atomic mass is 32.1. The Morgan fingerprint density at radius 3 is 2.90 bits per heavy atom. The summed E-state index contributed by atoms with van der Waals surface area (Å²) in [6, 6.07) is 10.0. The van der Waals surface area contributed by atoms with Crippen LogP contribution in [0.15, 0.2) is 35.7 Å². The van der Waals surface area contributed by atoms with Crippen molar-refractivity contribution in [1.29, 1.82) is 0 Å². The molecule has 2 aromatic rings. The van der Waals surface area contributed by atoms with Gasteiger partial charge in [0, 0.05) is 22.4 Å². The third-order valence-electron chi connectivity index (χ3n) is 2.95. The number of hydrogen-bond acceptors (Lipinski definition) is 4. The van der Waals surface area contributed by atoms with Crippen LogP contribution in [0.25, 0.3) is 0 Å². The molecule has 0 aliphatic rings. The molecule has 2 rings (SSSR count). The summed E-state index contributed by atoms with van der Waals surface area (Å²) in [5.41, 5.74) is 7.33. The van der Waals surface area contributed by atoms with Crippen LogP contribution in [0, 0.1) is 11.8 Å². The van der Waals surface area contributed by atoms with Gasteiger partial charge in [0.1, 0.15) is 5.75 Å². The Morgan fingerprint density at radius 1 is 1.29 bits per heavy atom. The summed E-state index contributed by atoms with van der Waals surface area (Å²) in [5.74, 6) is 6.70. The number of benzene rings is 1. The molecule has 0 unspecified atom stereocenters. The van der Waals surface area contributed by atoms with Crippen LogP contribution in [0.4, 0.5) is 0 Å². The molecule has 0 radical (unpaired) electrons. The van der Waals surface area contributed by atoms with Crippen LogP contribution in [0.3, 0.4) is 0 Å². The van der Waals surface area contributed by atoms with Gasteiger partial charge in [-0.2, -0.15) is 0 Å². The number of ether oxygens (including phenoxy) is 2. The van der Waals surface area contributed by atoms with Gasteiger partial charge in [0.05, 0.1) is 26.9 Å². The molecule has 0 aliphatic heterocycles. The fourth-order valence-corrected chi connectivity index (χ4v) is 2.62. The summed E-state index contributed by atoms with van der Waals surface area (Å²) in [6.07, 6.45) is 0.937. The van der Waals surface area contributed by atoms with Gasteiger partial charge in [-0.1, -0.05) is 17.9 Å². The summed E-state index contributed by atoms with van der Waals surface area (Å²) in [7, 11) is 1.66. The molecule has 110 valence electrons. The minimum absolute atomic E-state index is 0.360. The van der Waals surface area contributed by atoms with Crippen molar-refractivity contribution < 1.29 is 9.47 Å². The van der Waals surface area contributed by atoms with Crippen LogP contribution < -0.4 is 10.5 Å². The van der Waals surface area contributed by atoms with Crippen molar-refractivity contribution in [2.75, 3.05) is 20.3 Å². The van der Waals surface area contributed by atoms with Gasteiger partial charge < -0.3 is 15.2 Å². The van der Waals surface area contributed by atoms with Gasteiger partial charge in [0.2, 0.25) is 0 Å². The number of nitrogens with two attached hydrogens (primary N) is 1. The van der Waals surface area contributed by atoms with E-state index in [1.54, 1.807) is 18.4 Å².